The van der Waals surface area contributed by atoms with Crippen molar-refractivity contribution in [1.82, 2.24) is 4.98 Å². The van der Waals surface area contributed by atoms with E-state index >= 15 is 0 Å². The van der Waals surface area contributed by atoms with E-state index in [-0.39, 0.29) is 10.8 Å². The van der Waals surface area contributed by atoms with Crippen molar-refractivity contribution in [2.75, 3.05) is 7.11 Å². The second kappa shape index (κ2) is 4.48. The molecule has 1 fully saturated rings. The third kappa shape index (κ3) is 2.92. The summed E-state index contributed by atoms with van der Waals surface area (Å²) in [7, 11) is 1.63. The summed E-state index contributed by atoms with van der Waals surface area (Å²) in [5, 5.41) is 11.2. The Morgan fingerprint density at radius 3 is 2.21 bits per heavy atom. The maximum Gasteiger partial charge on any atom is 0.143 e. The van der Waals surface area contributed by atoms with Crippen LogP contribution in [0.4, 0.5) is 0 Å². The quantitative estimate of drug-likeness (QED) is 0.887. The third-order valence-electron chi connectivity index (χ3n) is 3.93. The van der Waals surface area contributed by atoms with Crippen molar-refractivity contribution in [3.8, 4) is 5.75 Å². The minimum atomic E-state index is -0.905. The van der Waals surface area contributed by atoms with Crippen molar-refractivity contribution in [1.29, 1.82) is 0 Å². The monoisotopic (exact) mass is 263 g/mol. The minimum absolute atomic E-state index is 0.0963. The van der Waals surface area contributed by atoms with Gasteiger partial charge in [-0.1, -0.05) is 27.7 Å². The number of hydrogen-bond acceptors (Lipinski definition) is 3. The molecule has 0 saturated heterocycles. The predicted octanol–water partition coefficient (Wildman–Crippen LogP) is 3.51. The molecule has 1 aliphatic carbocycles. The van der Waals surface area contributed by atoms with Crippen LogP contribution in [0.25, 0.3) is 0 Å². The van der Waals surface area contributed by atoms with Gasteiger partial charge in [0, 0.05) is 6.20 Å². The summed E-state index contributed by atoms with van der Waals surface area (Å²) in [5.74, 6) is 0.679. The van der Waals surface area contributed by atoms with E-state index in [1.54, 1.807) is 13.3 Å². The predicted molar refractivity (Wildman–Crippen MR) is 76.1 cm³/mol. The van der Waals surface area contributed by atoms with E-state index in [9.17, 15) is 5.11 Å². The van der Waals surface area contributed by atoms with E-state index in [0.717, 1.165) is 19.3 Å². The molecule has 0 radical (unpaired) electrons. The van der Waals surface area contributed by atoms with E-state index < -0.39 is 5.60 Å². The molecule has 3 nitrogen and oxygen atoms in total. The molecular weight excluding hydrogens is 238 g/mol. The van der Waals surface area contributed by atoms with Crippen LogP contribution >= 0.6 is 0 Å². The zero-order valence-electron chi connectivity index (χ0n) is 12.7. The normalized spacial score (nSPS) is 23.9. The van der Waals surface area contributed by atoms with Gasteiger partial charge in [0.1, 0.15) is 17.0 Å². The van der Waals surface area contributed by atoms with Gasteiger partial charge < -0.3 is 9.84 Å². The molecule has 1 aliphatic rings. The first-order valence-electron chi connectivity index (χ1n) is 6.89. The molecule has 0 amide bonds. The maximum absolute atomic E-state index is 11.2. The number of aromatic nitrogens is 1. The van der Waals surface area contributed by atoms with Gasteiger partial charge in [-0.15, -0.1) is 0 Å². The summed E-state index contributed by atoms with van der Waals surface area (Å²) in [6.07, 6.45) is 4.27. The van der Waals surface area contributed by atoms with Crippen molar-refractivity contribution in [2.24, 2.45) is 10.8 Å². The van der Waals surface area contributed by atoms with Crippen molar-refractivity contribution < 1.29 is 9.84 Å². The Morgan fingerprint density at radius 1 is 1.11 bits per heavy atom. The zero-order chi connectivity index (χ0) is 14.3. The number of rotatable bonds is 2. The van der Waals surface area contributed by atoms with Crippen LogP contribution in [0, 0.1) is 10.8 Å². The standard InChI is InChI=1S/C16H25NO2/c1-14(2)9-15(3,4)11-16(18,10-14)13-12(19-5)7-6-8-17-13/h6-8,18H,9-11H2,1-5H3. The summed E-state index contributed by atoms with van der Waals surface area (Å²) in [6, 6.07) is 3.71. The molecular formula is C16H25NO2. The van der Waals surface area contributed by atoms with Gasteiger partial charge in [0.05, 0.1) is 7.11 Å². The average Bonchev–Trinajstić information content (AvgIpc) is 2.24. The fourth-order valence-electron chi connectivity index (χ4n) is 4.14. The number of aliphatic hydroxyl groups is 1. The Bertz CT molecular complexity index is 450. The van der Waals surface area contributed by atoms with Crippen molar-refractivity contribution in [3.63, 3.8) is 0 Å². The van der Waals surface area contributed by atoms with Crippen molar-refractivity contribution in [3.05, 3.63) is 24.0 Å². The lowest BCUT2D eigenvalue weighted by Gasteiger charge is -2.49. The largest absolute Gasteiger partial charge is 0.495 e. The van der Waals surface area contributed by atoms with Gasteiger partial charge in [-0.3, -0.25) is 4.98 Å². The van der Waals surface area contributed by atoms with Crippen LogP contribution < -0.4 is 4.74 Å². The smallest absolute Gasteiger partial charge is 0.143 e. The van der Waals surface area contributed by atoms with Crippen LogP contribution in [0.15, 0.2) is 18.3 Å². The minimum Gasteiger partial charge on any atom is -0.495 e. The highest BCUT2D eigenvalue weighted by Gasteiger charge is 2.49. The molecule has 2 rings (SSSR count). The lowest BCUT2D eigenvalue weighted by atomic mass is 9.59. The van der Waals surface area contributed by atoms with Crippen LogP contribution in [0.3, 0.4) is 0 Å². The molecule has 19 heavy (non-hydrogen) atoms. The molecule has 3 heteroatoms. The summed E-state index contributed by atoms with van der Waals surface area (Å²) in [4.78, 5) is 4.40. The molecule has 1 saturated carbocycles. The molecule has 1 aromatic rings. The zero-order valence-corrected chi connectivity index (χ0v) is 12.7. The van der Waals surface area contributed by atoms with E-state index in [1.807, 2.05) is 12.1 Å². The van der Waals surface area contributed by atoms with E-state index in [1.165, 1.54) is 0 Å². The first kappa shape index (κ1) is 14.3. The highest BCUT2D eigenvalue weighted by Crippen LogP contribution is 2.54. The molecule has 0 unspecified atom stereocenters. The number of ether oxygens (including phenoxy) is 1. The van der Waals surface area contributed by atoms with E-state index in [0.29, 0.717) is 11.4 Å². The molecule has 0 bridgehead atoms. The van der Waals surface area contributed by atoms with Crippen molar-refractivity contribution >= 4 is 0 Å². The highest BCUT2D eigenvalue weighted by molar-refractivity contribution is 5.33. The van der Waals surface area contributed by atoms with Gasteiger partial charge in [0.25, 0.3) is 0 Å². The lowest BCUT2D eigenvalue weighted by molar-refractivity contribution is -0.0949. The maximum atomic E-state index is 11.2. The summed E-state index contributed by atoms with van der Waals surface area (Å²) >= 11 is 0. The number of hydrogen-bond donors (Lipinski definition) is 1. The second-order valence-corrected chi connectivity index (χ2v) is 7.44. The Labute approximate surface area is 116 Å². The molecule has 106 valence electrons. The summed E-state index contributed by atoms with van der Waals surface area (Å²) in [5.41, 5.74) is -0.0334. The topological polar surface area (TPSA) is 42.4 Å². The van der Waals surface area contributed by atoms with Crippen molar-refractivity contribution in [2.45, 2.75) is 52.6 Å². The number of nitrogens with zero attached hydrogens (tertiary/aromatic N) is 1. The molecule has 1 heterocycles. The Kier molecular flexibility index (Phi) is 3.38. The van der Waals surface area contributed by atoms with Crippen LogP contribution in [-0.2, 0) is 5.60 Å². The SMILES string of the molecule is COc1cccnc1C1(O)CC(C)(C)CC(C)(C)C1. The third-order valence-corrected chi connectivity index (χ3v) is 3.93. The molecule has 1 N–H and O–H groups in total. The lowest BCUT2D eigenvalue weighted by Crippen LogP contribution is -2.44. The van der Waals surface area contributed by atoms with Gasteiger partial charge in [0.2, 0.25) is 0 Å². The first-order valence-corrected chi connectivity index (χ1v) is 6.89. The first-order chi connectivity index (χ1) is 8.68. The number of methoxy groups -OCH3 is 1. The second-order valence-electron chi connectivity index (χ2n) is 7.44. The van der Waals surface area contributed by atoms with Crippen LogP contribution in [0.5, 0.6) is 5.75 Å². The van der Waals surface area contributed by atoms with Crippen LogP contribution in [-0.4, -0.2) is 17.2 Å². The molecule has 0 spiro atoms. The van der Waals surface area contributed by atoms with E-state index in [4.69, 9.17) is 4.74 Å². The van der Waals surface area contributed by atoms with Gasteiger partial charge in [-0.2, -0.15) is 0 Å². The average molecular weight is 263 g/mol. The fourth-order valence-corrected chi connectivity index (χ4v) is 4.14. The Morgan fingerprint density at radius 2 is 1.68 bits per heavy atom. The summed E-state index contributed by atoms with van der Waals surface area (Å²) < 4.78 is 5.38. The van der Waals surface area contributed by atoms with Gasteiger partial charge in [-0.25, -0.2) is 0 Å². The van der Waals surface area contributed by atoms with Gasteiger partial charge >= 0.3 is 0 Å². The van der Waals surface area contributed by atoms with E-state index in [2.05, 4.69) is 32.7 Å². The Hall–Kier alpha value is -1.09. The molecule has 0 aliphatic heterocycles. The number of pyridine rings is 1. The van der Waals surface area contributed by atoms with Gasteiger partial charge in [-0.05, 0) is 42.2 Å². The molecule has 0 atom stereocenters. The van der Waals surface area contributed by atoms with Crippen LogP contribution in [0.1, 0.15) is 52.7 Å². The fraction of sp³-hybridized carbons (Fsp3) is 0.688. The van der Waals surface area contributed by atoms with Gasteiger partial charge in [0.15, 0.2) is 0 Å². The molecule has 0 aromatic carbocycles. The molecule has 1 aromatic heterocycles. The Balaban J connectivity index is 2.46. The van der Waals surface area contributed by atoms with Crippen LogP contribution in [0.2, 0.25) is 0 Å². The highest BCUT2D eigenvalue weighted by atomic mass is 16.5. The summed E-state index contributed by atoms with van der Waals surface area (Å²) in [6.45, 7) is 8.87.